The first-order valence-electron chi connectivity index (χ1n) is 9.36. The highest BCUT2D eigenvalue weighted by Gasteiger charge is 2.19. The van der Waals surface area contributed by atoms with Gasteiger partial charge in [-0.1, -0.05) is 55.1 Å². The van der Waals surface area contributed by atoms with Crippen LogP contribution in [-0.2, 0) is 11.3 Å². The molecule has 0 bridgehead atoms. The van der Waals surface area contributed by atoms with E-state index in [0.717, 1.165) is 16.6 Å². The summed E-state index contributed by atoms with van der Waals surface area (Å²) in [5, 5.41) is 4.56. The number of nitrogens with zero attached hydrogens (tertiary/aromatic N) is 2. The van der Waals surface area contributed by atoms with E-state index >= 15 is 0 Å². The lowest BCUT2D eigenvalue weighted by atomic mass is 9.84. The summed E-state index contributed by atoms with van der Waals surface area (Å²) in [7, 11) is 0. The van der Waals surface area contributed by atoms with Gasteiger partial charge in [-0.3, -0.25) is 4.79 Å². The number of aromatic nitrogens is 2. The van der Waals surface area contributed by atoms with Crippen molar-refractivity contribution in [2.24, 2.45) is 0 Å². The van der Waals surface area contributed by atoms with Crippen molar-refractivity contribution in [2.45, 2.75) is 75.0 Å². The van der Waals surface area contributed by atoms with Crippen LogP contribution in [0.5, 0.6) is 0 Å². The first-order chi connectivity index (χ1) is 12.4. The third-order valence-electron chi connectivity index (χ3n) is 4.97. The van der Waals surface area contributed by atoms with Crippen LogP contribution in [0.15, 0.2) is 40.2 Å². The molecule has 1 saturated carbocycles. The number of hydrogen-bond donors (Lipinski definition) is 0. The molecule has 3 nitrogen and oxygen atoms in total. The second kappa shape index (κ2) is 8.18. The Kier molecular flexibility index (Phi) is 6.13. The lowest BCUT2D eigenvalue weighted by Gasteiger charge is -2.22. The lowest BCUT2D eigenvalue weighted by molar-refractivity contribution is 0.336. The van der Waals surface area contributed by atoms with Gasteiger partial charge in [-0.05, 0) is 50.7 Å². The zero-order chi connectivity index (χ0) is 18.7. The van der Waals surface area contributed by atoms with Crippen LogP contribution in [-0.4, -0.2) is 9.78 Å². The van der Waals surface area contributed by atoms with E-state index in [1.54, 1.807) is 18.0 Å². The zero-order valence-electron chi connectivity index (χ0n) is 15.8. The SMILES string of the molecule is CC(C)(C)n1ncc(SCc2ccc(C3CCCCC3)cc2)c(Cl)c1=O. The molecule has 1 aliphatic carbocycles. The van der Waals surface area contributed by atoms with E-state index in [4.69, 9.17) is 11.6 Å². The molecule has 0 unspecified atom stereocenters. The van der Waals surface area contributed by atoms with Crippen LogP contribution < -0.4 is 5.56 Å². The van der Waals surface area contributed by atoms with Gasteiger partial charge in [0.2, 0.25) is 0 Å². The Balaban J connectivity index is 1.67. The van der Waals surface area contributed by atoms with Crippen LogP contribution in [0.2, 0.25) is 5.02 Å². The topological polar surface area (TPSA) is 34.9 Å². The molecule has 0 saturated heterocycles. The molecule has 26 heavy (non-hydrogen) atoms. The van der Waals surface area contributed by atoms with Crippen LogP contribution in [0.1, 0.15) is 69.9 Å². The average molecular weight is 391 g/mol. The van der Waals surface area contributed by atoms with Crippen molar-refractivity contribution in [3.8, 4) is 0 Å². The maximum absolute atomic E-state index is 12.4. The summed E-state index contributed by atoms with van der Waals surface area (Å²) < 4.78 is 1.44. The molecule has 1 aliphatic rings. The third-order valence-corrected chi connectivity index (χ3v) is 6.55. The van der Waals surface area contributed by atoms with Gasteiger partial charge in [0.25, 0.3) is 5.56 Å². The Morgan fingerprint density at radius 3 is 2.42 bits per heavy atom. The van der Waals surface area contributed by atoms with Gasteiger partial charge in [-0.2, -0.15) is 5.10 Å². The molecule has 1 aromatic heterocycles. The highest BCUT2D eigenvalue weighted by atomic mass is 35.5. The number of thioether (sulfide) groups is 1. The van der Waals surface area contributed by atoms with Crippen LogP contribution in [0.4, 0.5) is 0 Å². The average Bonchev–Trinajstić information content (AvgIpc) is 2.63. The van der Waals surface area contributed by atoms with Crippen LogP contribution in [0, 0.1) is 0 Å². The molecule has 140 valence electrons. The van der Waals surface area contributed by atoms with E-state index in [9.17, 15) is 4.79 Å². The van der Waals surface area contributed by atoms with Crippen molar-refractivity contribution in [2.75, 3.05) is 0 Å². The highest BCUT2D eigenvalue weighted by molar-refractivity contribution is 7.98. The van der Waals surface area contributed by atoms with Crippen LogP contribution in [0.3, 0.4) is 0 Å². The Hall–Kier alpha value is -1.26. The second-order valence-electron chi connectivity index (χ2n) is 8.08. The minimum Gasteiger partial charge on any atom is -0.266 e. The summed E-state index contributed by atoms with van der Waals surface area (Å²) in [5.74, 6) is 1.51. The third kappa shape index (κ3) is 4.52. The quantitative estimate of drug-likeness (QED) is 0.601. The predicted octanol–water partition coefficient (Wildman–Crippen LogP) is 5.99. The summed E-state index contributed by atoms with van der Waals surface area (Å²) in [6.07, 6.45) is 8.44. The largest absolute Gasteiger partial charge is 0.287 e. The van der Waals surface area contributed by atoms with Crippen molar-refractivity contribution in [1.82, 2.24) is 9.78 Å². The molecule has 0 amide bonds. The predicted molar refractivity (Wildman–Crippen MR) is 110 cm³/mol. The molecule has 0 N–H and O–H groups in total. The number of hydrogen-bond acceptors (Lipinski definition) is 3. The maximum Gasteiger partial charge on any atom is 0.287 e. The Bertz CT molecular complexity index is 802. The summed E-state index contributed by atoms with van der Waals surface area (Å²) in [6.45, 7) is 5.83. The first kappa shape index (κ1) is 19.5. The summed E-state index contributed by atoms with van der Waals surface area (Å²) in [6, 6.07) is 8.94. The van der Waals surface area contributed by atoms with Gasteiger partial charge in [0.1, 0.15) is 5.02 Å². The van der Waals surface area contributed by atoms with Gasteiger partial charge in [0.05, 0.1) is 16.6 Å². The monoisotopic (exact) mass is 390 g/mol. The molecule has 1 aromatic carbocycles. The highest BCUT2D eigenvalue weighted by Crippen LogP contribution is 2.33. The van der Waals surface area contributed by atoms with Gasteiger partial charge in [0.15, 0.2) is 0 Å². The van der Waals surface area contributed by atoms with E-state index in [0.29, 0.717) is 0 Å². The van der Waals surface area contributed by atoms with Crippen molar-refractivity contribution < 1.29 is 0 Å². The number of benzene rings is 1. The maximum atomic E-state index is 12.4. The van der Waals surface area contributed by atoms with Crippen molar-refractivity contribution >= 4 is 23.4 Å². The van der Waals surface area contributed by atoms with Crippen molar-refractivity contribution in [1.29, 1.82) is 0 Å². The summed E-state index contributed by atoms with van der Waals surface area (Å²) >= 11 is 7.87. The van der Waals surface area contributed by atoms with E-state index in [1.165, 1.54) is 47.9 Å². The molecule has 0 radical (unpaired) electrons. The fourth-order valence-corrected chi connectivity index (χ4v) is 4.62. The van der Waals surface area contributed by atoms with Gasteiger partial charge in [-0.25, -0.2) is 4.68 Å². The molecule has 0 spiro atoms. The van der Waals surface area contributed by atoms with E-state index < -0.39 is 0 Å². The molecule has 1 fully saturated rings. The first-order valence-corrected chi connectivity index (χ1v) is 10.7. The van der Waals surface area contributed by atoms with E-state index in [-0.39, 0.29) is 16.1 Å². The standard InChI is InChI=1S/C21H27ClN2OS/c1-21(2,3)24-20(25)19(22)18(13-23-24)26-14-15-9-11-17(12-10-15)16-7-5-4-6-8-16/h9-13,16H,4-8,14H2,1-3H3. The smallest absolute Gasteiger partial charge is 0.266 e. The Morgan fingerprint density at radius 1 is 1.15 bits per heavy atom. The Morgan fingerprint density at radius 2 is 1.81 bits per heavy atom. The second-order valence-corrected chi connectivity index (χ2v) is 9.47. The molecule has 1 heterocycles. The molecule has 2 aromatic rings. The van der Waals surface area contributed by atoms with E-state index in [2.05, 4.69) is 29.4 Å². The molecule has 5 heteroatoms. The fraction of sp³-hybridized carbons (Fsp3) is 0.524. The van der Waals surface area contributed by atoms with Gasteiger partial charge >= 0.3 is 0 Å². The minimum absolute atomic E-state index is 0.225. The van der Waals surface area contributed by atoms with Crippen LogP contribution in [0.25, 0.3) is 0 Å². The van der Waals surface area contributed by atoms with Crippen molar-refractivity contribution in [3.05, 3.63) is 57.0 Å². The molecule has 0 aliphatic heterocycles. The number of rotatable bonds is 4. The van der Waals surface area contributed by atoms with Crippen LogP contribution >= 0.6 is 23.4 Å². The fourth-order valence-electron chi connectivity index (χ4n) is 3.48. The molecule has 3 rings (SSSR count). The molecule has 0 atom stereocenters. The summed E-state index contributed by atoms with van der Waals surface area (Å²) in [4.78, 5) is 13.2. The van der Waals surface area contributed by atoms with Gasteiger partial charge in [-0.15, -0.1) is 11.8 Å². The molecular formula is C21H27ClN2OS. The number of halogens is 1. The van der Waals surface area contributed by atoms with Crippen molar-refractivity contribution in [3.63, 3.8) is 0 Å². The zero-order valence-corrected chi connectivity index (χ0v) is 17.4. The lowest BCUT2D eigenvalue weighted by Crippen LogP contribution is -2.36. The minimum atomic E-state index is -0.376. The van der Waals surface area contributed by atoms with E-state index in [1.807, 2.05) is 20.8 Å². The van der Waals surface area contributed by atoms with Gasteiger partial charge in [0, 0.05) is 5.75 Å². The normalized spacial score (nSPS) is 16.0. The summed E-state index contributed by atoms with van der Waals surface area (Å²) in [5.41, 5.74) is 2.10. The molecular weight excluding hydrogens is 364 g/mol. The van der Waals surface area contributed by atoms with Gasteiger partial charge < -0.3 is 0 Å². The Labute approximate surface area is 165 Å².